The molecule has 0 spiro atoms. The highest BCUT2D eigenvalue weighted by atomic mass is 19.3. The van der Waals surface area contributed by atoms with Gasteiger partial charge < -0.3 is 10.4 Å². The van der Waals surface area contributed by atoms with Crippen LogP contribution in [0.15, 0.2) is 0 Å². The first-order chi connectivity index (χ1) is 4.31. The minimum atomic E-state index is -0.611. The van der Waals surface area contributed by atoms with Crippen LogP contribution in [0.1, 0.15) is 0 Å². The molecule has 54 valence electrons. The topological polar surface area (TPSA) is 58.6 Å². The molecule has 0 aromatic rings. The fraction of sp³-hybridized carbons (Fsp3) is 0.750. The zero-order valence-corrected chi connectivity index (χ0v) is 4.76. The van der Waals surface area contributed by atoms with Gasteiger partial charge in [0.2, 0.25) is 5.91 Å². The molecule has 0 rings (SSSR count). The number of hydrogen-bond donors (Lipinski definition) is 2. The molecule has 0 saturated carbocycles. The predicted molar refractivity (Wildman–Crippen MR) is 27.2 cm³/mol. The van der Waals surface area contributed by atoms with Gasteiger partial charge in [-0.3, -0.25) is 4.79 Å². The van der Waals surface area contributed by atoms with E-state index in [1.165, 1.54) is 0 Å². The van der Waals surface area contributed by atoms with Gasteiger partial charge in [0.15, 0.2) is 6.61 Å². The van der Waals surface area contributed by atoms with E-state index in [1.807, 2.05) is 0 Å². The number of carbonyl (C=O) groups excluding carboxylic acids is 1. The van der Waals surface area contributed by atoms with E-state index in [2.05, 4.69) is 10.3 Å². The number of rotatable bonds is 4. The van der Waals surface area contributed by atoms with Crippen molar-refractivity contribution < 1.29 is 19.4 Å². The molecule has 0 unspecified atom stereocenters. The van der Waals surface area contributed by atoms with Crippen molar-refractivity contribution in [3.63, 3.8) is 0 Å². The summed E-state index contributed by atoms with van der Waals surface area (Å²) in [5.41, 5.74) is 0. The second kappa shape index (κ2) is 5.46. The Balaban J connectivity index is 3.06. The summed E-state index contributed by atoms with van der Waals surface area (Å²) in [5.74, 6) is -0.577. The van der Waals surface area contributed by atoms with E-state index >= 15 is 0 Å². The number of carbonyl (C=O) groups is 1. The second-order valence-electron chi connectivity index (χ2n) is 1.33. The van der Waals surface area contributed by atoms with E-state index in [4.69, 9.17) is 5.11 Å². The first kappa shape index (κ1) is 8.32. The first-order valence-corrected chi connectivity index (χ1v) is 2.42. The van der Waals surface area contributed by atoms with Crippen molar-refractivity contribution in [2.24, 2.45) is 0 Å². The van der Waals surface area contributed by atoms with Crippen LogP contribution in [0.2, 0.25) is 0 Å². The quantitative estimate of drug-likeness (QED) is 0.522. The Morgan fingerprint density at radius 2 is 2.44 bits per heavy atom. The van der Waals surface area contributed by atoms with Crippen LogP contribution in [-0.2, 0) is 9.74 Å². The molecule has 0 heterocycles. The Kier molecular flexibility index (Phi) is 5.04. The zero-order chi connectivity index (χ0) is 7.11. The van der Waals surface area contributed by atoms with Gasteiger partial charge in [-0.25, -0.2) is 0 Å². The minimum absolute atomic E-state index is 0.127. The summed E-state index contributed by atoms with van der Waals surface area (Å²) in [6, 6.07) is 0. The van der Waals surface area contributed by atoms with Gasteiger partial charge in [-0.1, -0.05) is 0 Å². The summed E-state index contributed by atoms with van der Waals surface area (Å²) < 4.78 is 10.8. The van der Waals surface area contributed by atoms with E-state index in [0.717, 1.165) is 0 Å². The van der Waals surface area contributed by atoms with E-state index in [-0.39, 0.29) is 13.2 Å². The molecule has 1 amide bonds. The Hall–Kier alpha value is -0.680. The van der Waals surface area contributed by atoms with Gasteiger partial charge in [-0.2, -0.15) is 4.94 Å². The summed E-state index contributed by atoms with van der Waals surface area (Å²) in [6.45, 7) is -0.639. The molecule has 0 saturated heterocycles. The molecule has 9 heavy (non-hydrogen) atoms. The van der Waals surface area contributed by atoms with Gasteiger partial charge >= 0.3 is 0 Å². The van der Waals surface area contributed by atoms with Crippen molar-refractivity contribution >= 4 is 5.91 Å². The number of aliphatic hydroxyl groups excluding tert-OH is 1. The molecule has 2 N–H and O–H groups in total. The molecular formula is C4H8FNO3. The third-order valence-corrected chi connectivity index (χ3v) is 0.620. The van der Waals surface area contributed by atoms with Crippen molar-refractivity contribution in [2.75, 3.05) is 19.8 Å². The molecule has 0 radical (unpaired) electrons. The van der Waals surface area contributed by atoms with Crippen molar-refractivity contribution in [1.82, 2.24) is 5.32 Å². The number of aliphatic hydroxyl groups is 1. The minimum Gasteiger partial charge on any atom is -0.395 e. The molecular weight excluding hydrogens is 129 g/mol. The molecule has 0 aliphatic heterocycles. The van der Waals surface area contributed by atoms with Crippen LogP contribution < -0.4 is 5.32 Å². The summed E-state index contributed by atoms with van der Waals surface area (Å²) in [6.07, 6.45) is 0. The molecule has 0 aromatic carbocycles. The number of nitrogens with one attached hydrogen (secondary N) is 1. The average Bonchev–Trinajstić information content (AvgIpc) is 1.85. The molecule has 4 nitrogen and oxygen atoms in total. The molecule has 0 atom stereocenters. The van der Waals surface area contributed by atoms with Crippen LogP contribution in [0, 0.1) is 0 Å². The van der Waals surface area contributed by atoms with Gasteiger partial charge in [0.1, 0.15) is 0 Å². The van der Waals surface area contributed by atoms with E-state index in [9.17, 15) is 9.32 Å². The fourth-order valence-electron chi connectivity index (χ4n) is 0.296. The smallest absolute Gasteiger partial charge is 0.249 e. The maximum absolute atomic E-state index is 10.8. The lowest BCUT2D eigenvalue weighted by Crippen LogP contribution is -2.29. The second-order valence-corrected chi connectivity index (χ2v) is 1.33. The maximum atomic E-state index is 10.8. The van der Waals surface area contributed by atoms with Gasteiger partial charge in [-0.15, -0.1) is 0 Å². The van der Waals surface area contributed by atoms with E-state index in [1.54, 1.807) is 0 Å². The normalized spacial score (nSPS) is 9.11. The molecule has 0 aliphatic rings. The summed E-state index contributed by atoms with van der Waals surface area (Å²) in [5, 5.41) is 10.3. The van der Waals surface area contributed by atoms with Crippen LogP contribution in [-0.4, -0.2) is 30.8 Å². The van der Waals surface area contributed by atoms with Crippen LogP contribution in [0.4, 0.5) is 4.53 Å². The van der Waals surface area contributed by atoms with Crippen LogP contribution in [0.5, 0.6) is 0 Å². The molecule has 0 bridgehead atoms. The third-order valence-electron chi connectivity index (χ3n) is 0.620. The average molecular weight is 137 g/mol. The molecule has 0 fully saturated rings. The SMILES string of the molecule is O=C(COF)NCCO. The fourth-order valence-corrected chi connectivity index (χ4v) is 0.296. The predicted octanol–water partition coefficient (Wildman–Crippen LogP) is -1.00. The summed E-state index contributed by atoms with van der Waals surface area (Å²) in [4.78, 5) is 13.2. The van der Waals surface area contributed by atoms with E-state index in [0.29, 0.717) is 0 Å². The lowest BCUT2D eigenvalue weighted by atomic mass is 10.6. The highest BCUT2D eigenvalue weighted by Crippen LogP contribution is 1.71. The number of halogens is 1. The zero-order valence-electron chi connectivity index (χ0n) is 4.76. The highest BCUT2D eigenvalue weighted by molar-refractivity contribution is 5.76. The molecule has 0 aromatic heterocycles. The highest BCUT2D eigenvalue weighted by Gasteiger charge is 1.97. The first-order valence-electron chi connectivity index (χ1n) is 2.42. The monoisotopic (exact) mass is 137 g/mol. The van der Waals surface area contributed by atoms with Crippen molar-refractivity contribution in [3.8, 4) is 0 Å². The van der Waals surface area contributed by atoms with Gasteiger partial charge in [0, 0.05) is 6.54 Å². The van der Waals surface area contributed by atoms with Crippen molar-refractivity contribution in [2.45, 2.75) is 0 Å². The maximum Gasteiger partial charge on any atom is 0.249 e. The lowest BCUT2D eigenvalue weighted by molar-refractivity contribution is -0.156. The molecule has 0 aliphatic carbocycles. The Bertz CT molecular complexity index is 87.9. The number of amides is 1. The molecule has 5 heteroatoms. The Labute approximate surface area is 51.5 Å². The largest absolute Gasteiger partial charge is 0.395 e. The van der Waals surface area contributed by atoms with Gasteiger partial charge in [0.25, 0.3) is 0 Å². The van der Waals surface area contributed by atoms with Crippen LogP contribution >= 0.6 is 0 Å². The summed E-state index contributed by atoms with van der Waals surface area (Å²) >= 11 is 0. The summed E-state index contributed by atoms with van der Waals surface area (Å²) in [7, 11) is 0. The van der Waals surface area contributed by atoms with E-state index < -0.39 is 12.5 Å². The Morgan fingerprint density at radius 1 is 1.78 bits per heavy atom. The lowest BCUT2D eigenvalue weighted by Gasteiger charge is -1.97. The van der Waals surface area contributed by atoms with Gasteiger partial charge in [0.05, 0.1) is 6.61 Å². The van der Waals surface area contributed by atoms with Crippen LogP contribution in [0.3, 0.4) is 0 Å². The third kappa shape index (κ3) is 5.19. The van der Waals surface area contributed by atoms with Gasteiger partial charge in [-0.05, 0) is 4.53 Å². The van der Waals surface area contributed by atoms with Crippen molar-refractivity contribution in [3.05, 3.63) is 0 Å². The van der Waals surface area contributed by atoms with Crippen molar-refractivity contribution in [1.29, 1.82) is 0 Å². The Morgan fingerprint density at radius 3 is 2.89 bits per heavy atom. The standard InChI is InChI=1S/C4H8FNO3/c5-9-3-4(8)6-1-2-7/h7H,1-3H2,(H,6,8). The van der Waals surface area contributed by atoms with Crippen LogP contribution in [0.25, 0.3) is 0 Å². The number of hydrogen-bond acceptors (Lipinski definition) is 3.